The number of benzene rings is 2. The highest BCUT2D eigenvalue weighted by atomic mass is 32.1. The Morgan fingerprint density at radius 2 is 1.49 bits per heavy atom. The van der Waals surface area contributed by atoms with Crippen LogP contribution in [0.2, 0.25) is 0 Å². The predicted molar refractivity (Wildman–Crippen MR) is 155 cm³/mol. The van der Waals surface area contributed by atoms with E-state index in [1.807, 2.05) is 0 Å². The van der Waals surface area contributed by atoms with Crippen LogP contribution < -0.4 is 5.32 Å². The molecule has 0 saturated carbocycles. The molecule has 2 amide bonds. The third-order valence-electron chi connectivity index (χ3n) is 7.05. The number of carbonyl (C=O) groups excluding carboxylic acids is 3. The largest absolute Gasteiger partial charge is 0.460 e. The van der Waals surface area contributed by atoms with Crippen LogP contribution in [0.1, 0.15) is 30.4 Å². The summed E-state index contributed by atoms with van der Waals surface area (Å²) in [5, 5.41) is 32.4. The van der Waals surface area contributed by atoms with E-state index in [4.69, 9.17) is 14.9 Å². The topological polar surface area (TPSA) is 198 Å². The summed E-state index contributed by atoms with van der Waals surface area (Å²) < 4.78 is 10.5. The molecule has 2 aromatic carbocycles. The fourth-order valence-electron chi connectivity index (χ4n) is 4.85. The molecule has 0 spiro atoms. The van der Waals surface area contributed by atoms with E-state index in [0.717, 1.165) is 0 Å². The van der Waals surface area contributed by atoms with E-state index in [-0.39, 0.29) is 67.1 Å². The zero-order valence-electron chi connectivity index (χ0n) is 22.9. The Kier molecular flexibility index (Phi) is 10.1. The van der Waals surface area contributed by atoms with Crippen molar-refractivity contribution < 1.29 is 33.7 Å². The molecule has 2 N–H and O–H groups in total. The first-order chi connectivity index (χ1) is 20.5. The lowest BCUT2D eigenvalue weighted by atomic mass is 10.2. The van der Waals surface area contributed by atoms with Crippen molar-refractivity contribution in [2.75, 3.05) is 19.6 Å². The Morgan fingerprint density at radius 1 is 0.930 bits per heavy atom. The van der Waals surface area contributed by atoms with E-state index in [1.54, 1.807) is 4.90 Å². The molecule has 2 fully saturated rings. The van der Waals surface area contributed by atoms with Gasteiger partial charge in [-0.2, -0.15) is 12.6 Å². The van der Waals surface area contributed by atoms with Gasteiger partial charge >= 0.3 is 12.1 Å². The molecular formula is C27H30N6O9S. The van der Waals surface area contributed by atoms with Crippen LogP contribution in [0.5, 0.6) is 0 Å². The molecule has 0 aliphatic carbocycles. The van der Waals surface area contributed by atoms with E-state index in [1.165, 1.54) is 53.4 Å². The number of hydrogen-bond acceptors (Lipinski definition) is 11. The number of rotatable bonds is 10. The molecule has 228 valence electrons. The highest BCUT2D eigenvalue weighted by molar-refractivity contribution is 7.81. The van der Waals surface area contributed by atoms with Crippen LogP contribution in [0.3, 0.4) is 0 Å². The SMILES string of the molecule is N=C(CC(=O)OCc1ccc([N+](=O)[O-])cc1)N[C@@H]1CCN(C(=O)[C@@H]2C[C@H](S)CN2C(=O)OCc2ccc([N+](=O)[O-])cc2)C1. The number of nitro groups is 2. The zero-order valence-corrected chi connectivity index (χ0v) is 23.8. The number of hydrogen-bond donors (Lipinski definition) is 3. The van der Waals surface area contributed by atoms with Gasteiger partial charge in [0.15, 0.2) is 0 Å². The molecule has 2 heterocycles. The number of esters is 1. The molecule has 2 aromatic rings. The van der Waals surface area contributed by atoms with Gasteiger partial charge < -0.3 is 19.7 Å². The molecule has 0 aromatic heterocycles. The maximum Gasteiger partial charge on any atom is 0.410 e. The first-order valence-corrected chi connectivity index (χ1v) is 13.9. The van der Waals surface area contributed by atoms with E-state index < -0.39 is 28.0 Å². The minimum absolute atomic E-state index is 0.0688. The van der Waals surface area contributed by atoms with Crippen LogP contribution in [0.25, 0.3) is 0 Å². The lowest BCUT2D eigenvalue weighted by Crippen LogP contribution is -2.48. The minimum Gasteiger partial charge on any atom is -0.460 e. The summed E-state index contributed by atoms with van der Waals surface area (Å²) in [4.78, 5) is 61.8. The van der Waals surface area contributed by atoms with Crippen molar-refractivity contribution in [3.05, 3.63) is 79.9 Å². The number of nitrogens with zero attached hydrogens (tertiary/aromatic N) is 4. The summed E-state index contributed by atoms with van der Waals surface area (Å²) >= 11 is 4.46. The Hall–Kier alpha value is -4.73. The first kappa shape index (κ1) is 31.2. The van der Waals surface area contributed by atoms with Crippen molar-refractivity contribution in [3.8, 4) is 0 Å². The predicted octanol–water partition coefficient (Wildman–Crippen LogP) is 2.81. The van der Waals surface area contributed by atoms with Crippen molar-refractivity contribution in [2.24, 2.45) is 0 Å². The molecular weight excluding hydrogens is 584 g/mol. The van der Waals surface area contributed by atoms with E-state index in [2.05, 4.69) is 17.9 Å². The van der Waals surface area contributed by atoms with Gasteiger partial charge in [0.05, 0.1) is 9.85 Å². The van der Waals surface area contributed by atoms with Crippen LogP contribution in [0.4, 0.5) is 16.2 Å². The molecule has 2 aliphatic rings. The summed E-state index contributed by atoms with van der Waals surface area (Å²) in [6.45, 7) is 0.697. The fourth-order valence-corrected chi connectivity index (χ4v) is 5.23. The second-order valence-electron chi connectivity index (χ2n) is 10.2. The fraction of sp³-hybridized carbons (Fsp3) is 0.407. The number of amides is 2. The molecule has 0 radical (unpaired) electrons. The van der Waals surface area contributed by atoms with Gasteiger partial charge in [-0.05, 0) is 48.2 Å². The quantitative estimate of drug-likeness (QED) is 0.0893. The maximum atomic E-state index is 13.4. The van der Waals surface area contributed by atoms with Crippen molar-refractivity contribution in [1.29, 1.82) is 5.41 Å². The van der Waals surface area contributed by atoms with Crippen LogP contribution in [0, 0.1) is 25.6 Å². The highest BCUT2D eigenvalue weighted by Gasteiger charge is 2.42. The van der Waals surface area contributed by atoms with Crippen molar-refractivity contribution >= 4 is 47.8 Å². The Bertz CT molecular complexity index is 1390. The van der Waals surface area contributed by atoms with Crippen molar-refractivity contribution in [1.82, 2.24) is 15.1 Å². The van der Waals surface area contributed by atoms with Crippen LogP contribution >= 0.6 is 12.6 Å². The van der Waals surface area contributed by atoms with E-state index in [9.17, 15) is 34.6 Å². The number of amidine groups is 1. The molecule has 4 rings (SSSR count). The normalized spacial score (nSPS) is 19.5. The number of carbonyl (C=O) groups is 3. The molecule has 2 saturated heterocycles. The molecule has 0 bridgehead atoms. The minimum atomic E-state index is -0.764. The number of likely N-dealkylation sites (tertiary alicyclic amines) is 2. The lowest BCUT2D eigenvalue weighted by molar-refractivity contribution is -0.385. The molecule has 43 heavy (non-hydrogen) atoms. The molecule has 16 heteroatoms. The number of ether oxygens (including phenoxy) is 2. The Morgan fingerprint density at radius 3 is 2.05 bits per heavy atom. The Balaban J connectivity index is 1.22. The number of thiol groups is 1. The van der Waals surface area contributed by atoms with Gasteiger partial charge in [-0.25, -0.2) is 4.79 Å². The van der Waals surface area contributed by atoms with Gasteiger partial charge in [-0.15, -0.1) is 0 Å². The first-order valence-electron chi connectivity index (χ1n) is 13.4. The van der Waals surface area contributed by atoms with Gasteiger partial charge in [-0.3, -0.25) is 40.1 Å². The average molecular weight is 615 g/mol. The van der Waals surface area contributed by atoms with E-state index >= 15 is 0 Å². The molecule has 2 aliphatic heterocycles. The summed E-state index contributed by atoms with van der Waals surface area (Å²) in [5.41, 5.74) is 0.986. The van der Waals surface area contributed by atoms with Crippen LogP contribution in [-0.2, 0) is 32.3 Å². The third kappa shape index (κ3) is 8.41. The van der Waals surface area contributed by atoms with Crippen molar-refractivity contribution in [3.63, 3.8) is 0 Å². The number of nitrogens with one attached hydrogen (secondary N) is 2. The van der Waals surface area contributed by atoms with Gasteiger partial charge in [0.1, 0.15) is 31.5 Å². The average Bonchev–Trinajstić information content (AvgIpc) is 3.61. The standard InChI is InChI=1S/C27H30N6O9S/c28-24(12-25(34)41-15-17-1-5-20(6-2-17)32(37)38)29-19-9-10-30(13-19)26(35)23-11-22(43)14-31(23)27(36)42-16-18-3-7-21(8-4-18)33(39)40/h1-8,19,22-23,43H,9-16H2,(H2,28,29)/t19-,22+,23+/m1/s1. The Labute approximate surface area is 251 Å². The van der Waals surface area contributed by atoms with Gasteiger partial charge in [0.2, 0.25) is 5.91 Å². The van der Waals surface area contributed by atoms with Gasteiger partial charge in [0, 0.05) is 55.2 Å². The number of nitro benzene ring substituents is 2. The second-order valence-corrected chi connectivity index (χ2v) is 10.9. The smallest absolute Gasteiger partial charge is 0.410 e. The summed E-state index contributed by atoms with van der Waals surface area (Å²) in [5.74, 6) is -0.974. The second kappa shape index (κ2) is 14.0. The van der Waals surface area contributed by atoms with Crippen LogP contribution in [0.15, 0.2) is 48.5 Å². The maximum absolute atomic E-state index is 13.4. The number of non-ortho nitro benzene ring substituents is 2. The van der Waals surface area contributed by atoms with Gasteiger partial charge in [0.25, 0.3) is 11.4 Å². The lowest BCUT2D eigenvalue weighted by Gasteiger charge is -2.27. The molecule has 15 nitrogen and oxygen atoms in total. The molecule has 0 unspecified atom stereocenters. The zero-order chi connectivity index (χ0) is 31.1. The highest BCUT2D eigenvalue weighted by Crippen LogP contribution is 2.26. The van der Waals surface area contributed by atoms with E-state index in [0.29, 0.717) is 30.5 Å². The molecule has 3 atom stereocenters. The monoisotopic (exact) mass is 614 g/mol. The summed E-state index contributed by atoms with van der Waals surface area (Å²) in [6.07, 6.45) is -0.112. The summed E-state index contributed by atoms with van der Waals surface area (Å²) in [7, 11) is 0. The van der Waals surface area contributed by atoms with Crippen LogP contribution in [-0.4, -0.2) is 80.4 Å². The summed E-state index contributed by atoms with van der Waals surface area (Å²) in [6, 6.07) is 10.2. The third-order valence-corrected chi connectivity index (χ3v) is 7.43. The van der Waals surface area contributed by atoms with Gasteiger partial charge in [-0.1, -0.05) is 0 Å². The van der Waals surface area contributed by atoms with Crippen molar-refractivity contribution in [2.45, 2.75) is 49.8 Å².